The Bertz CT molecular complexity index is 910. The van der Waals surface area contributed by atoms with E-state index in [1.165, 1.54) is 12.3 Å². The molecule has 128 valence electrons. The molecule has 3 aromatic rings. The van der Waals surface area contributed by atoms with Gasteiger partial charge in [-0.2, -0.15) is 10.1 Å². The van der Waals surface area contributed by atoms with E-state index in [4.69, 9.17) is 11.6 Å². The molecule has 0 aliphatic heterocycles. The molecule has 2 aromatic carbocycles. The monoisotopic (exact) mass is 361 g/mol. The molecule has 0 atom stereocenters. The molecule has 0 aliphatic rings. The number of aromatic nitrogens is 3. The maximum absolute atomic E-state index is 13.7. The van der Waals surface area contributed by atoms with Crippen LogP contribution in [0.1, 0.15) is 11.1 Å². The fraction of sp³-hybridized carbons (Fsp3) is 0.118. The number of nitrogens with zero attached hydrogens (tertiary/aromatic N) is 3. The molecular formula is C17H14ClF2N5. The minimum absolute atomic E-state index is 0.0809. The van der Waals surface area contributed by atoms with Gasteiger partial charge in [-0.1, -0.05) is 17.7 Å². The van der Waals surface area contributed by atoms with Crippen molar-refractivity contribution in [3.8, 4) is 0 Å². The molecule has 2 N–H and O–H groups in total. The van der Waals surface area contributed by atoms with Gasteiger partial charge in [0.15, 0.2) is 5.82 Å². The first-order valence-electron chi connectivity index (χ1n) is 7.38. The van der Waals surface area contributed by atoms with Gasteiger partial charge >= 0.3 is 0 Å². The van der Waals surface area contributed by atoms with Crippen molar-refractivity contribution in [2.75, 3.05) is 10.6 Å². The van der Waals surface area contributed by atoms with Crippen molar-refractivity contribution in [2.45, 2.75) is 13.8 Å². The maximum atomic E-state index is 13.7. The molecule has 1 heterocycles. The summed E-state index contributed by atoms with van der Waals surface area (Å²) < 4.78 is 26.7. The van der Waals surface area contributed by atoms with Crippen molar-refractivity contribution in [2.24, 2.45) is 0 Å². The number of halogens is 3. The van der Waals surface area contributed by atoms with Crippen LogP contribution < -0.4 is 10.6 Å². The van der Waals surface area contributed by atoms with Crippen molar-refractivity contribution < 1.29 is 8.78 Å². The predicted octanol–water partition coefficient (Wildman–Crippen LogP) is 4.91. The smallest absolute Gasteiger partial charge is 0.249 e. The molecule has 0 saturated carbocycles. The minimum Gasteiger partial charge on any atom is -0.336 e. The highest BCUT2D eigenvalue weighted by Crippen LogP contribution is 2.29. The van der Waals surface area contributed by atoms with E-state index in [1.54, 1.807) is 0 Å². The third kappa shape index (κ3) is 4.00. The molecule has 5 nitrogen and oxygen atoms in total. The molecule has 8 heteroatoms. The van der Waals surface area contributed by atoms with Crippen LogP contribution in [0.15, 0.2) is 36.5 Å². The zero-order valence-electron chi connectivity index (χ0n) is 13.4. The van der Waals surface area contributed by atoms with E-state index in [-0.39, 0.29) is 17.5 Å². The van der Waals surface area contributed by atoms with Gasteiger partial charge in [0.2, 0.25) is 5.95 Å². The summed E-state index contributed by atoms with van der Waals surface area (Å²) in [6, 6.07) is 7.00. The molecule has 1 aromatic heterocycles. The fourth-order valence-electron chi connectivity index (χ4n) is 2.33. The van der Waals surface area contributed by atoms with Crippen LogP contribution in [-0.2, 0) is 0 Å². The minimum atomic E-state index is -0.731. The lowest BCUT2D eigenvalue weighted by Gasteiger charge is -2.12. The summed E-state index contributed by atoms with van der Waals surface area (Å²) >= 11 is 6.25. The topological polar surface area (TPSA) is 62.7 Å². The van der Waals surface area contributed by atoms with E-state index in [0.717, 1.165) is 23.3 Å². The van der Waals surface area contributed by atoms with Crippen molar-refractivity contribution in [3.63, 3.8) is 0 Å². The van der Waals surface area contributed by atoms with Crippen molar-refractivity contribution in [1.82, 2.24) is 15.2 Å². The van der Waals surface area contributed by atoms with E-state index >= 15 is 0 Å². The van der Waals surface area contributed by atoms with Crippen LogP contribution in [0.4, 0.5) is 31.9 Å². The highest BCUT2D eigenvalue weighted by Gasteiger charge is 2.10. The Morgan fingerprint density at radius 1 is 1.04 bits per heavy atom. The van der Waals surface area contributed by atoms with E-state index in [2.05, 4.69) is 25.8 Å². The Kier molecular flexibility index (Phi) is 4.76. The SMILES string of the molecule is Cc1cc(C)c(Nc2nncc(Nc3ccc(F)cc3F)n2)c(Cl)c1. The first kappa shape index (κ1) is 17.0. The predicted molar refractivity (Wildman–Crippen MR) is 93.7 cm³/mol. The molecule has 0 saturated heterocycles. The number of anilines is 4. The molecule has 0 radical (unpaired) electrons. The van der Waals surface area contributed by atoms with Crippen molar-refractivity contribution in [3.05, 3.63) is 64.3 Å². The van der Waals surface area contributed by atoms with E-state index in [9.17, 15) is 8.78 Å². The van der Waals surface area contributed by atoms with Crippen molar-refractivity contribution >= 4 is 34.7 Å². The molecular weight excluding hydrogens is 348 g/mol. The molecule has 0 bridgehead atoms. The zero-order valence-corrected chi connectivity index (χ0v) is 14.2. The second kappa shape index (κ2) is 6.98. The standard InChI is InChI=1S/C17H14ClF2N5/c1-9-5-10(2)16(12(18)6-9)24-17-23-15(8-21-25-17)22-14-4-3-11(19)7-13(14)20/h3-8H,1-2H3,(H2,22,23,24,25). The Morgan fingerprint density at radius 3 is 2.56 bits per heavy atom. The van der Waals surface area contributed by atoms with Crippen LogP contribution in [0.3, 0.4) is 0 Å². The fourth-order valence-corrected chi connectivity index (χ4v) is 2.70. The first-order chi connectivity index (χ1) is 11.9. The third-order valence-corrected chi connectivity index (χ3v) is 3.72. The number of benzene rings is 2. The van der Waals surface area contributed by atoms with Gasteiger partial charge in [0.05, 0.1) is 22.6 Å². The maximum Gasteiger partial charge on any atom is 0.249 e. The van der Waals surface area contributed by atoms with Gasteiger partial charge in [0.25, 0.3) is 0 Å². The highest BCUT2D eigenvalue weighted by atomic mass is 35.5. The summed E-state index contributed by atoms with van der Waals surface area (Å²) in [5.41, 5.74) is 2.71. The summed E-state index contributed by atoms with van der Waals surface area (Å²) in [6.45, 7) is 3.85. The molecule has 0 fully saturated rings. The van der Waals surface area contributed by atoms with Crippen LogP contribution in [0.5, 0.6) is 0 Å². The van der Waals surface area contributed by atoms with Crippen LogP contribution in [-0.4, -0.2) is 15.2 Å². The number of nitrogens with one attached hydrogen (secondary N) is 2. The molecule has 0 spiro atoms. The van der Waals surface area contributed by atoms with Crippen LogP contribution in [0, 0.1) is 25.5 Å². The van der Waals surface area contributed by atoms with Gasteiger partial charge in [-0.05, 0) is 43.2 Å². The third-order valence-electron chi connectivity index (χ3n) is 3.42. The Labute approximate surface area is 148 Å². The normalized spacial score (nSPS) is 10.6. The lowest BCUT2D eigenvalue weighted by Crippen LogP contribution is -2.04. The van der Waals surface area contributed by atoms with Gasteiger partial charge in [0.1, 0.15) is 11.6 Å². The summed E-state index contributed by atoms with van der Waals surface area (Å²) in [5, 5.41) is 14.0. The summed E-state index contributed by atoms with van der Waals surface area (Å²) in [5.74, 6) is -0.938. The Hall–Kier alpha value is -2.80. The Balaban J connectivity index is 1.85. The quantitative estimate of drug-likeness (QED) is 0.691. The van der Waals surface area contributed by atoms with Crippen LogP contribution in [0.2, 0.25) is 5.02 Å². The molecule has 3 rings (SSSR count). The van der Waals surface area contributed by atoms with Crippen molar-refractivity contribution in [1.29, 1.82) is 0 Å². The van der Waals surface area contributed by atoms with Crippen LogP contribution in [0.25, 0.3) is 0 Å². The van der Waals surface area contributed by atoms with Crippen LogP contribution >= 0.6 is 11.6 Å². The van der Waals surface area contributed by atoms with Gasteiger partial charge in [-0.3, -0.25) is 0 Å². The summed E-state index contributed by atoms with van der Waals surface area (Å²) in [6.07, 6.45) is 1.33. The van der Waals surface area contributed by atoms with Gasteiger partial charge < -0.3 is 10.6 Å². The van der Waals surface area contributed by atoms with Gasteiger partial charge in [-0.15, -0.1) is 5.10 Å². The lowest BCUT2D eigenvalue weighted by atomic mass is 10.1. The van der Waals surface area contributed by atoms with E-state index in [1.807, 2.05) is 26.0 Å². The largest absolute Gasteiger partial charge is 0.336 e. The van der Waals surface area contributed by atoms with E-state index < -0.39 is 11.6 Å². The number of hydrogen-bond acceptors (Lipinski definition) is 5. The Morgan fingerprint density at radius 2 is 1.84 bits per heavy atom. The van der Waals surface area contributed by atoms with Gasteiger partial charge in [-0.25, -0.2) is 8.78 Å². The average Bonchev–Trinajstić information content (AvgIpc) is 2.54. The molecule has 0 unspecified atom stereocenters. The second-order valence-corrected chi connectivity index (χ2v) is 5.89. The molecule has 0 aliphatic carbocycles. The van der Waals surface area contributed by atoms with Gasteiger partial charge in [0, 0.05) is 6.07 Å². The summed E-state index contributed by atoms with van der Waals surface area (Å²) in [4.78, 5) is 4.22. The lowest BCUT2D eigenvalue weighted by molar-refractivity contribution is 0.586. The highest BCUT2D eigenvalue weighted by molar-refractivity contribution is 6.33. The number of aryl methyl sites for hydroxylation is 2. The van der Waals surface area contributed by atoms with E-state index in [0.29, 0.717) is 10.7 Å². The first-order valence-corrected chi connectivity index (χ1v) is 7.76. The molecule has 25 heavy (non-hydrogen) atoms. The molecule has 0 amide bonds. The summed E-state index contributed by atoms with van der Waals surface area (Å²) in [7, 11) is 0. The zero-order chi connectivity index (χ0) is 18.0. The second-order valence-electron chi connectivity index (χ2n) is 5.48. The average molecular weight is 362 g/mol. The number of hydrogen-bond donors (Lipinski definition) is 2. The number of rotatable bonds is 4.